The number of aromatic carboxylic acids is 1. The smallest absolute Gasteiger partial charge is 0.339 e. The van der Waals surface area contributed by atoms with E-state index in [1.54, 1.807) is 21.6 Å². The Bertz CT molecular complexity index is 826. The molecule has 0 saturated heterocycles. The van der Waals surface area contributed by atoms with E-state index >= 15 is 0 Å². The van der Waals surface area contributed by atoms with E-state index in [4.69, 9.17) is 5.11 Å². The summed E-state index contributed by atoms with van der Waals surface area (Å²) < 4.78 is 0. The average Bonchev–Trinajstić information content (AvgIpc) is 2.64. The number of rotatable bonds is 9. The number of nitrogens with one attached hydrogen (secondary N) is 1. The number of carbonyl (C=O) groups excluding carboxylic acids is 1. The van der Waals surface area contributed by atoms with Gasteiger partial charge in [-0.15, -0.1) is 0 Å². The van der Waals surface area contributed by atoms with Crippen molar-refractivity contribution in [3.05, 3.63) is 53.6 Å². The summed E-state index contributed by atoms with van der Waals surface area (Å²) >= 11 is 0. The first-order valence-electron chi connectivity index (χ1n) is 8.01. The molecule has 0 bridgehead atoms. The molecule has 0 radical (unpaired) electrons. The van der Waals surface area contributed by atoms with Gasteiger partial charge in [0.2, 0.25) is 5.91 Å². The van der Waals surface area contributed by atoms with E-state index in [9.17, 15) is 14.7 Å². The monoisotopic (exact) mass is 405 g/mol. The highest BCUT2D eigenvalue weighted by Gasteiger charge is 2.09. The van der Waals surface area contributed by atoms with E-state index in [-0.39, 0.29) is 17.2 Å². The molecule has 7 nitrogen and oxygen atoms in total. The molecule has 0 aliphatic heterocycles. The number of hydrogen-bond donors (Lipinski definition) is 3. The predicted molar refractivity (Wildman–Crippen MR) is 108 cm³/mol. The summed E-state index contributed by atoms with van der Waals surface area (Å²) in [5.41, 5.74) is 1.92. The Morgan fingerprint density at radius 2 is 1.70 bits per heavy atom. The molecule has 0 unspecified atom stereocenters. The third-order valence-electron chi connectivity index (χ3n) is 3.30. The van der Waals surface area contributed by atoms with E-state index in [2.05, 4.69) is 15.5 Å². The quantitative estimate of drug-likeness (QED) is 0.321. The standard InChI is InChI=1S/C18H19N3O4S2/c1-12(22)19-8-9-26-27-11-13-2-4-14(5-3-13)20-21-15-6-7-17(23)16(10-15)18(24)25/h2-7,10,23H,8-9,11H2,1H3,(H,19,22)(H,24,25)/b21-20+. The Labute approximate surface area is 164 Å². The number of hydrogen-bond acceptors (Lipinski definition) is 7. The van der Waals surface area contributed by atoms with Gasteiger partial charge < -0.3 is 15.5 Å². The summed E-state index contributed by atoms with van der Waals surface area (Å²) in [6, 6.07) is 11.6. The molecule has 0 fully saturated rings. The summed E-state index contributed by atoms with van der Waals surface area (Å²) in [5, 5.41) is 29.3. The predicted octanol–water partition coefficient (Wildman–Crippen LogP) is 4.52. The number of aromatic hydroxyl groups is 1. The third kappa shape index (κ3) is 7.32. The van der Waals surface area contributed by atoms with Crippen molar-refractivity contribution >= 4 is 44.8 Å². The van der Waals surface area contributed by atoms with Crippen LogP contribution in [0.3, 0.4) is 0 Å². The first kappa shape index (κ1) is 20.8. The van der Waals surface area contributed by atoms with Gasteiger partial charge in [-0.05, 0) is 35.9 Å². The van der Waals surface area contributed by atoms with E-state index < -0.39 is 5.97 Å². The minimum Gasteiger partial charge on any atom is -0.507 e. The van der Waals surface area contributed by atoms with Gasteiger partial charge in [-0.3, -0.25) is 4.79 Å². The fourth-order valence-corrected chi connectivity index (χ4v) is 3.95. The molecule has 0 aliphatic rings. The van der Waals surface area contributed by atoms with E-state index in [1.807, 2.05) is 24.3 Å². The molecule has 2 aromatic rings. The highest BCUT2D eigenvalue weighted by molar-refractivity contribution is 8.76. The number of phenols is 1. The lowest BCUT2D eigenvalue weighted by Crippen LogP contribution is -2.22. The maximum Gasteiger partial charge on any atom is 0.339 e. The molecule has 0 heterocycles. The minimum absolute atomic E-state index is 0.0168. The fraction of sp³-hybridized carbons (Fsp3) is 0.222. The Morgan fingerprint density at radius 1 is 1.04 bits per heavy atom. The minimum atomic E-state index is -1.22. The zero-order chi connectivity index (χ0) is 19.6. The Balaban J connectivity index is 1.85. The average molecular weight is 406 g/mol. The lowest BCUT2D eigenvalue weighted by molar-refractivity contribution is -0.118. The van der Waals surface area contributed by atoms with Crippen molar-refractivity contribution in [3.63, 3.8) is 0 Å². The third-order valence-corrected chi connectivity index (χ3v) is 5.64. The van der Waals surface area contributed by atoms with Crippen LogP contribution in [0.5, 0.6) is 5.75 Å². The number of carbonyl (C=O) groups is 2. The number of nitrogens with zero attached hydrogens (tertiary/aromatic N) is 2. The van der Waals surface area contributed by atoms with Crippen LogP contribution in [0, 0.1) is 0 Å². The van der Waals surface area contributed by atoms with E-state index in [0.29, 0.717) is 17.9 Å². The van der Waals surface area contributed by atoms with Crippen LogP contribution in [-0.2, 0) is 10.5 Å². The largest absolute Gasteiger partial charge is 0.507 e. The molecule has 0 saturated carbocycles. The molecule has 0 spiro atoms. The van der Waals surface area contributed by atoms with Crippen molar-refractivity contribution in [1.29, 1.82) is 0 Å². The Kier molecular flexibility index (Phi) is 8.15. The Hall–Kier alpha value is -2.52. The first-order valence-corrected chi connectivity index (χ1v) is 10.5. The lowest BCUT2D eigenvalue weighted by Gasteiger charge is -2.03. The fourth-order valence-electron chi connectivity index (χ4n) is 1.97. The van der Waals surface area contributed by atoms with Crippen molar-refractivity contribution in [1.82, 2.24) is 5.32 Å². The molecule has 2 aromatic carbocycles. The topological polar surface area (TPSA) is 111 Å². The molecule has 2 rings (SSSR count). The zero-order valence-electron chi connectivity index (χ0n) is 14.6. The molecule has 0 aromatic heterocycles. The summed E-state index contributed by atoms with van der Waals surface area (Å²) in [7, 11) is 3.41. The Morgan fingerprint density at radius 3 is 2.37 bits per heavy atom. The molecule has 27 heavy (non-hydrogen) atoms. The SMILES string of the molecule is CC(=O)NCCSSCc1ccc(/N=N/c2ccc(O)c(C(=O)O)c2)cc1. The molecule has 0 atom stereocenters. The second kappa shape index (κ2) is 10.6. The van der Waals surface area contributed by atoms with Crippen LogP contribution in [0.4, 0.5) is 11.4 Å². The van der Waals surface area contributed by atoms with E-state index in [1.165, 1.54) is 25.1 Å². The van der Waals surface area contributed by atoms with Crippen LogP contribution in [0.25, 0.3) is 0 Å². The van der Waals surface area contributed by atoms with Gasteiger partial charge in [-0.1, -0.05) is 33.7 Å². The molecule has 3 N–H and O–H groups in total. The summed E-state index contributed by atoms with van der Waals surface area (Å²) in [5.74, 6) is 0.139. The van der Waals surface area contributed by atoms with Gasteiger partial charge in [0.15, 0.2) is 0 Å². The number of amides is 1. The van der Waals surface area contributed by atoms with Gasteiger partial charge >= 0.3 is 5.97 Å². The van der Waals surface area contributed by atoms with Crippen molar-refractivity contribution in [2.75, 3.05) is 12.3 Å². The van der Waals surface area contributed by atoms with Gasteiger partial charge in [-0.2, -0.15) is 10.2 Å². The normalized spacial score (nSPS) is 10.9. The van der Waals surface area contributed by atoms with Crippen molar-refractivity contribution in [2.24, 2.45) is 10.2 Å². The summed E-state index contributed by atoms with van der Waals surface area (Å²) in [6.45, 7) is 2.16. The number of carboxylic acids is 1. The second-order valence-corrected chi connectivity index (χ2v) is 8.02. The number of carboxylic acid groups (broad SMARTS) is 1. The molecule has 1 amide bonds. The van der Waals surface area contributed by atoms with E-state index in [0.717, 1.165) is 17.1 Å². The van der Waals surface area contributed by atoms with Gasteiger partial charge in [0, 0.05) is 25.0 Å². The maximum atomic E-state index is 11.0. The van der Waals surface area contributed by atoms with Crippen LogP contribution >= 0.6 is 21.6 Å². The highest BCUT2D eigenvalue weighted by atomic mass is 33.1. The number of azo groups is 1. The maximum absolute atomic E-state index is 11.0. The second-order valence-electron chi connectivity index (χ2n) is 5.44. The van der Waals surface area contributed by atoms with Crippen LogP contribution in [0.15, 0.2) is 52.7 Å². The van der Waals surface area contributed by atoms with Gasteiger partial charge in [0.1, 0.15) is 11.3 Å². The van der Waals surface area contributed by atoms with Gasteiger partial charge in [0.05, 0.1) is 11.4 Å². The van der Waals surface area contributed by atoms with Gasteiger partial charge in [-0.25, -0.2) is 4.79 Å². The van der Waals surface area contributed by atoms with Crippen LogP contribution in [-0.4, -0.2) is 34.4 Å². The highest BCUT2D eigenvalue weighted by Crippen LogP contribution is 2.27. The molecule has 9 heteroatoms. The summed E-state index contributed by atoms with van der Waals surface area (Å²) in [6.07, 6.45) is 0. The van der Waals surface area contributed by atoms with Crippen LogP contribution in [0.2, 0.25) is 0 Å². The zero-order valence-corrected chi connectivity index (χ0v) is 16.2. The molecular formula is C18H19N3O4S2. The molecule has 142 valence electrons. The summed E-state index contributed by atoms with van der Waals surface area (Å²) in [4.78, 5) is 21.8. The number of benzene rings is 2. The van der Waals surface area contributed by atoms with Crippen LogP contribution in [0.1, 0.15) is 22.8 Å². The van der Waals surface area contributed by atoms with Crippen molar-refractivity contribution in [3.8, 4) is 5.75 Å². The van der Waals surface area contributed by atoms with Crippen LogP contribution < -0.4 is 5.32 Å². The first-order chi connectivity index (χ1) is 13.0. The van der Waals surface area contributed by atoms with Crippen molar-refractivity contribution < 1.29 is 19.8 Å². The lowest BCUT2D eigenvalue weighted by atomic mass is 10.2. The van der Waals surface area contributed by atoms with Crippen molar-refractivity contribution in [2.45, 2.75) is 12.7 Å². The molecule has 0 aliphatic carbocycles. The molecular weight excluding hydrogens is 386 g/mol. The van der Waals surface area contributed by atoms with Gasteiger partial charge in [0.25, 0.3) is 0 Å².